The van der Waals surface area contributed by atoms with Gasteiger partial charge < -0.3 is 4.42 Å². The van der Waals surface area contributed by atoms with E-state index in [1.54, 1.807) is 0 Å². The molecule has 0 aliphatic rings. The minimum atomic E-state index is 0.701. The van der Waals surface area contributed by atoms with Gasteiger partial charge in [0, 0.05) is 27.5 Å². The lowest BCUT2D eigenvalue weighted by Crippen LogP contribution is -1.95. The number of nitrogens with zero attached hydrogens (tertiary/aromatic N) is 2. The van der Waals surface area contributed by atoms with Crippen LogP contribution in [0.25, 0.3) is 55.8 Å². The first-order chi connectivity index (χ1) is 15.3. The highest BCUT2D eigenvalue weighted by Gasteiger charge is 2.13. The SMILES string of the molecule is c1ccc(-c2cc(-c3ccccc3)nc(-c3ccc4oc5ccccc5c4c3)n2)cc1. The Morgan fingerprint density at radius 2 is 1.03 bits per heavy atom. The number of aromatic nitrogens is 2. The van der Waals surface area contributed by atoms with Crippen molar-refractivity contribution in [2.75, 3.05) is 0 Å². The van der Waals surface area contributed by atoms with Crippen molar-refractivity contribution in [2.45, 2.75) is 0 Å². The third-order valence-corrected chi connectivity index (χ3v) is 5.50. The van der Waals surface area contributed by atoms with Crippen LogP contribution in [0.1, 0.15) is 0 Å². The molecular formula is C28H18N2O. The first kappa shape index (κ1) is 17.6. The highest BCUT2D eigenvalue weighted by atomic mass is 16.3. The summed E-state index contributed by atoms with van der Waals surface area (Å²) in [7, 11) is 0. The Morgan fingerprint density at radius 1 is 0.452 bits per heavy atom. The van der Waals surface area contributed by atoms with E-state index in [1.807, 2.05) is 66.7 Å². The smallest absolute Gasteiger partial charge is 0.160 e. The lowest BCUT2D eigenvalue weighted by atomic mass is 10.1. The molecule has 4 aromatic carbocycles. The molecule has 0 amide bonds. The number of furan rings is 1. The van der Waals surface area contributed by atoms with E-state index in [0.29, 0.717) is 5.82 Å². The minimum Gasteiger partial charge on any atom is -0.456 e. The van der Waals surface area contributed by atoms with Crippen LogP contribution in [0.3, 0.4) is 0 Å². The molecule has 146 valence electrons. The van der Waals surface area contributed by atoms with E-state index in [4.69, 9.17) is 14.4 Å². The predicted octanol–water partition coefficient (Wildman–Crippen LogP) is 7.38. The quantitative estimate of drug-likeness (QED) is 0.312. The summed E-state index contributed by atoms with van der Waals surface area (Å²) in [6.45, 7) is 0. The summed E-state index contributed by atoms with van der Waals surface area (Å²) >= 11 is 0. The monoisotopic (exact) mass is 398 g/mol. The minimum absolute atomic E-state index is 0.701. The molecule has 6 aromatic rings. The standard InChI is InChI=1S/C28H18N2O/c1-3-9-19(10-4-1)24-18-25(20-11-5-2-6-12-20)30-28(29-24)21-15-16-27-23(17-21)22-13-7-8-14-26(22)31-27/h1-18H. The maximum Gasteiger partial charge on any atom is 0.160 e. The van der Waals surface area contributed by atoms with E-state index in [0.717, 1.165) is 50.0 Å². The Hall–Kier alpha value is -4.24. The van der Waals surface area contributed by atoms with Crippen molar-refractivity contribution in [2.24, 2.45) is 0 Å². The molecular weight excluding hydrogens is 380 g/mol. The number of rotatable bonds is 3. The van der Waals surface area contributed by atoms with E-state index < -0.39 is 0 Å². The van der Waals surface area contributed by atoms with Gasteiger partial charge in [0.2, 0.25) is 0 Å². The van der Waals surface area contributed by atoms with Crippen molar-refractivity contribution in [3.05, 3.63) is 109 Å². The molecule has 0 aliphatic heterocycles. The topological polar surface area (TPSA) is 38.9 Å². The van der Waals surface area contributed by atoms with Gasteiger partial charge in [0.05, 0.1) is 11.4 Å². The van der Waals surface area contributed by atoms with Gasteiger partial charge in [-0.05, 0) is 30.3 Å². The van der Waals surface area contributed by atoms with Gasteiger partial charge in [0.1, 0.15) is 11.2 Å². The Labute approximate surface area is 179 Å². The van der Waals surface area contributed by atoms with Crippen LogP contribution in [0.15, 0.2) is 114 Å². The molecule has 0 unspecified atom stereocenters. The van der Waals surface area contributed by atoms with Crippen LogP contribution in [0, 0.1) is 0 Å². The molecule has 0 radical (unpaired) electrons. The fourth-order valence-electron chi connectivity index (χ4n) is 3.96. The molecule has 2 heterocycles. The normalized spacial score (nSPS) is 11.2. The van der Waals surface area contributed by atoms with Crippen molar-refractivity contribution < 1.29 is 4.42 Å². The zero-order valence-corrected chi connectivity index (χ0v) is 16.7. The molecule has 2 aromatic heterocycles. The Bertz CT molecular complexity index is 1460. The molecule has 31 heavy (non-hydrogen) atoms. The van der Waals surface area contributed by atoms with Crippen molar-refractivity contribution in [3.8, 4) is 33.9 Å². The number of benzene rings is 4. The van der Waals surface area contributed by atoms with Crippen LogP contribution >= 0.6 is 0 Å². The van der Waals surface area contributed by atoms with E-state index in [1.165, 1.54) is 0 Å². The Balaban J connectivity index is 1.58. The summed E-state index contributed by atoms with van der Waals surface area (Å²) in [6.07, 6.45) is 0. The second-order valence-electron chi connectivity index (χ2n) is 7.50. The third-order valence-electron chi connectivity index (χ3n) is 5.50. The predicted molar refractivity (Wildman–Crippen MR) is 126 cm³/mol. The summed E-state index contributed by atoms with van der Waals surface area (Å²) in [5.74, 6) is 0.701. The van der Waals surface area contributed by atoms with Gasteiger partial charge in [0.15, 0.2) is 5.82 Å². The van der Waals surface area contributed by atoms with Gasteiger partial charge in [-0.1, -0.05) is 78.9 Å². The van der Waals surface area contributed by atoms with E-state index >= 15 is 0 Å². The third kappa shape index (κ3) is 3.17. The lowest BCUT2D eigenvalue weighted by Gasteiger charge is -2.09. The second-order valence-corrected chi connectivity index (χ2v) is 7.50. The molecule has 0 saturated carbocycles. The van der Waals surface area contributed by atoms with Gasteiger partial charge >= 0.3 is 0 Å². The van der Waals surface area contributed by atoms with Crippen LogP contribution in [0.2, 0.25) is 0 Å². The van der Waals surface area contributed by atoms with Gasteiger partial charge in [-0.3, -0.25) is 0 Å². The largest absolute Gasteiger partial charge is 0.456 e. The van der Waals surface area contributed by atoms with Crippen molar-refractivity contribution in [1.82, 2.24) is 9.97 Å². The Morgan fingerprint density at radius 3 is 1.71 bits per heavy atom. The maximum atomic E-state index is 5.99. The number of para-hydroxylation sites is 1. The zero-order chi connectivity index (χ0) is 20.6. The van der Waals surface area contributed by atoms with Crippen molar-refractivity contribution in [3.63, 3.8) is 0 Å². The zero-order valence-electron chi connectivity index (χ0n) is 16.7. The number of fused-ring (bicyclic) bond motifs is 3. The van der Waals surface area contributed by atoms with Crippen LogP contribution < -0.4 is 0 Å². The highest BCUT2D eigenvalue weighted by molar-refractivity contribution is 6.06. The van der Waals surface area contributed by atoms with E-state index in [-0.39, 0.29) is 0 Å². The first-order valence-corrected chi connectivity index (χ1v) is 10.3. The summed E-state index contributed by atoms with van der Waals surface area (Å²) in [5, 5.41) is 2.17. The Kier molecular flexibility index (Phi) is 4.10. The lowest BCUT2D eigenvalue weighted by molar-refractivity contribution is 0.669. The fraction of sp³-hybridized carbons (Fsp3) is 0. The van der Waals surface area contributed by atoms with Crippen molar-refractivity contribution >= 4 is 21.9 Å². The molecule has 0 aliphatic carbocycles. The molecule has 0 saturated heterocycles. The molecule has 0 fully saturated rings. The fourth-order valence-corrected chi connectivity index (χ4v) is 3.96. The van der Waals surface area contributed by atoms with Crippen LogP contribution in [-0.4, -0.2) is 9.97 Å². The van der Waals surface area contributed by atoms with Gasteiger partial charge in [0.25, 0.3) is 0 Å². The number of hydrogen-bond donors (Lipinski definition) is 0. The summed E-state index contributed by atoms with van der Waals surface area (Å²) in [4.78, 5) is 9.86. The van der Waals surface area contributed by atoms with E-state index in [2.05, 4.69) is 42.5 Å². The average molecular weight is 398 g/mol. The number of hydrogen-bond acceptors (Lipinski definition) is 3. The summed E-state index contributed by atoms with van der Waals surface area (Å²) < 4.78 is 5.99. The van der Waals surface area contributed by atoms with Crippen LogP contribution in [0.5, 0.6) is 0 Å². The summed E-state index contributed by atoms with van der Waals surface area (Å²) in [5.41, 5.74) is 6.67. The van der Waals surface area contributed by atoms with Crippen LogP contribution in [0.4, 0.5) is 0 Å². The van der Waals surface area contributed by atoms with Gasteiger partial charge in [-0.25, -0.2) is 9.97 Å². The molecule has 3 nitrogen and oxygen atoms in total. The maximum absolute atomic E-state index is 5.99. The van der Waals surface area contributed by atoms with Gasteiger partial charge in [-0.15, -0.1) is 0 Å². The van der Waals surface area contributed by atoms with Crippen molar-refractivity contribution in [1.29, 1.82) is 0 Å². The van der Waals surface area contributed by atoms with E-state index in [9.17, 15) is 0 Å². The molecule has 6 rings (SSSR count). The molecule has 0 bridgehead atoms. The first-order valence-electron chi connectivity index (χ1n) is 10.3. The molecule has 3 heteroatoms. The molecule has 0 spiro atoms. The second kappa shape index (κ2) is 7.22. The molecule has 0 N–H and O–H groups in total. The highest BCUT2D eigenvalue weighted by Crippen LogP contribution is 2.33. The van der Waals surface area contributed by atoms with Gasteiger partial charge in [-0.2, -0.15) is 0 Å². The average Bonchev–Trinajstić information content (AvgIpc) is 3.23. The summed E-state index contributed by atoms with van der Waals surface area (Å²) in [6, 6.07) is 36.8. The molecule has 0 atom stereocenters. The van der Waals surface area contributed by atoms with Crippen LogP contribution in [-0.2, 0) is 0 Å².